The molecule has 1 amide bonds. The highest BCUT2D eigenvalue weighted by Gasteiger charge is 2.25. The predicted octanol–water partition coefficient (Wildman–Crippen LogP) is 3.58. The number of nitrogens with zero attached hydrogens (tertiary/aromatic N) is 1. The maximum atomic E-state index is 13.0. The SMILES string of the molecule is O=C(O)c1cccc(NC(=O)c2cccc(S(=O)(=O)NC3CCN(Cc4ccccc4)CC3)c2)c1. The summed E-state index contributed by atoms with van der Waals surface area (Å²) in [5.41, 5.74) is 1.74. The van der Waals surface area contributed by atoms with Gasteiger partial charge in [-0.1, -0.05) is 42.5 Å². The summed E-state index contributed by atoms with van der Waals surface area (Å²) in [5.74, 6) is -1.63. The van der Waals surface area contributed by atoms with Crippen molar-refractivity contribution in [3.8, 4) is 0 Å². The molecule has 1 heterocycles. The summed E-state index contributed by atoms with van der Waals surface area (Å²) in [7, 11) is -3.81. The number of carboxylic acids is 1. The van der Waals surface area contributed by atoms with Crippen molar-refractivity contribution in [2.24, 2.45) is 0 Å². The summed E-state index contributed by atoms with van der Waals surface area (Å²) >= 11 is 0. The molecule has 0 unspecified atom stereocenters. The van der Waals surface area contributed by atoms with Crippen LogP contribution >= 0.6 is 0 Å². The van der Waals surface area contributed by atoms with Crippen LogP contribution in [-0.2, 0) is 16.6 Å². The van der Waals surface area contributed by atoms with Gasteiger partial charge in [0.2, 0.25) is 10.0 Å². The molecule has 0 atom stereocenters. The van der Waals surface area contributed by atoms with Gasteiger partial charge in [-0.2, -0.15) is 0 Å². The third kappa shape index (κ3) is 6.54. The van der Waals surface area contributed by atoms with Crippen molar-refractivity contribution in [3.05, 3.63) is 95.6 Å². The summed E-state index contributed by atoms with van der Waals surface area (Å²) in [6.45, 7) is 2.42. The number of rotatable bonds is 8. The Morgan fingerprint density at radius 1 is 0.886 bits per heavy atom. The van der Waals surface area contributed by atoms with Crippen molar-refractivity contribution >= 4 is 27.6 Å². The molecule has 0 saturated carbocycles. The van der Waals surface area contributed by atoms with Crippen LogP contribution in [0.15, 0.2) is 83.8 Å². The van der Waals surface area contributed by atoms with Gasteiger partial charge in [-0.05, 0) is 54.8 Å². The van der Waals surface area contributed by atoms with Crippen LogP contribution in [0.3, 0.4) is 0 Å². The fourth-order valence-corrected chi connectivity index (χ4v) is 5.43. The number of benzene rings is 3. The topological polar surface area (TPSA) is 116 Å². The standard InChI is InChI=1S/C26H27N3O5S/c30-25(27-23-10-4-9-21(16-23)26(31)32)20-8-5-11-24(17-20)35(33,34)28-22-12-14-29(15-13-22)18-19-6-2-1-3-7-19/h1-11,16-17,22,28H,12-15,18H2,(H,27,30)(H,31,32). The van der Waals surface area contributed by atoms with Gasteiger partial charge >= 0.3 is 5.97 Å². The molecule has 0 radical (unpaired) electrons. The largest absolute Gasteiger partial charge is 0.478 e. The molecule has 3 N–H and O–H groups in total. The zero-order valence-corrected chi connectivity index (χ0v) is 19.9. The highest BCUT2D eigenvalue weighted by molar-refractivity contribution is 7.89. The first-order chi connectivity index (χ1) is 16.8. The van der Waals surface area contributed by atoms with E-state index in [1.807, 2.05) is 18.2 Å². The Kier molecular flexibility index (Phi) is 7.60. The van der Waals surface area contributed by atoms with Crippen LogP contribution in [0.4, 0.5) is 5.69 Å². The van der Waals surface area contributed by atoms with Gasteiger partial charge < -0.3 is 10.4 Å². The van der Waals surface area contributed by atoms with Gasteiger partial charge in [-0.3, -0.25) is 9.69 Å². The van der Waals surface area contributed by atoms with Crippen molar-refractivity contribution in [2.45, 2.75) is 30.3 Å². The number of carbonyl (C=O) groups is 2. The van der Waals surface area contributed by atoms with Crippen LogP contribution in [0.5, 0.6) is 0 Å². The van der Waals surface area contributed by atoms with E-state index in [9.17, 15) is 18.0 Å². The molecule has 1 aliphatic rings. The number of nitrogens with one attached hydrogen (secondary N) is 2. The summed E-state index contributed by atoms with van der Waals surface area (Å²) in [5, 5.41) is 11.7. The van der Waals surface area contributed by atoms with Crippen molar-refractivity contribution < 1.29 is 23.1 Å². The third-order valence-electron chi connectivity index (χ3n) is 5.93. The van der Waals surface area contributed by atoms with Crippen LogP contribution in [0.25, 0.3) is 0 Å². The normalized spacial score (nSPS) is 15.0. The monoisotopic (exact) mass is 493 g/mol. The van der Waals surface area contributed by atoms with E-state index in [1.165, 1.54) is 48.0 Å². The first kappa shape index (κ1) is 24.6. The van der Waals surface area contributed by atoms with Crippen LogP contribution in [-0.4, -0.2) is 49.4 Å². The average Bonchev–Trinajstić information content (AvgIpc) is 2.86. The Morgan fingerprint density at radius 3 is 2.29 bits per heavy atom. The van der Waals surface area contributed by atoms with E-state index < -0.39 is 21.9 Å². The molecule has 8 nitrogen and oxygen atoms in total. The molecule has 1 aliphatic heterocycles. The van der Waals surface area contributed by atoms with E-state index in [0.29, 0.717) is 18.5 Å². The van der Waals surface area contributed by atoms with Crippen molar-refractivity contribution in [3.63, 3.8) is 0 Å². The molecular weight excluding hydrogens is 466 g/mol. The minimum absolute atomic E-state index is 0.0103. The lowest BCUT2D eigenvalue weighted by Crippen LogP contribution is -2.44. The number of likely N-dealkylation sites (tertiary alicyclic amines) is 1. The number of amides is 1. The number of hydrogen-bond donors (Lipinski definition) is 3. The summed E-state index contributed by atoms with van der Waals surface area (Å²) in [6, 6.07) is 21.6. The molecule has 1 fully saturated rings. The molecule has 3 aromatic carbocycles. The summed E-state index contributed by atoms with van der Waals surface area (Å²) in [4.78, 5) is 26.1. The van der Waals surface area contributed by atoms with Crippen LogP contribution in [0.2, 0.25) is 0 Å². The first-order valence-electron chi connectivity index (χ1n) is 11.3. The third-order valence-corrected chi connectivity index (χ3v) is 7.45. The Balaban J connectivity index is 1.37. The lowest BCUT2D eigenvalue weighted by molar-refractivity contribution is 0.0696. The molecule has 0 bridgehead atoms. The quantitative estimate of drug-likeness (QED) is 0.442. The molecule has 182 valence electrons. The van der Waals surface area contributed by atoms with E-state index in [0.717, 1.165) is 19.6 Å². The number of piperidine rings is 1. The number of carbonyl (C=O) groups excluding carboxylic acids is 1. The Hall–Kier alpha value is -3.53. The zero-order chi connectivity index (χ0) is 24.8. The van der Waals surface area contributed by atoms with Gasteiger partial charge in [-0.15, -0.1) is 0 Å². The molecule has 0 spiro atoms. The number of carboxylic acid groups (broad SMARTS) is 1. The van der Waals surface area contributed by atoms with Crippen LogP contribution in [0.1, 0.15) is 39.1 Å². The number of anilines is 1. The van der Waals surface area contributed by atoms with E-state index >= 15 is 0 Å². The zero-order valence-electron chi connectivity index (χ0n) is 19.1. The van der Waals surface area contributed by atoms with Gasteiger partial charge in [0.15, 0.2) is 0 Å². The van der Waals surface area contributed by atoms with Gasteiger partial charge in [0.1, 0.15) is 0 Å². The van der Waals surface area contributed by atoms with Gasteiger partial charge in [-0.25, -0.2) is 17.9 Å². The molecule has 3 aromatic rings. The molecule has 1 saturated heterocycles. The molecule has 0 aromatic heterocycles. The predicted molar refractivity (Wildman–Crippen MR) is 133 cm³/mol. The Labute approximate surface area is 204 Å². The highest BCUT2D eigenvalue weighted by atomic mass is 32.2. The lowest BCUT2D eigenvalue weighted by Gasteiger charge is -2.32. The highest BCUT2D eigenvalue weighted by Crippen LogP contribution is 2.19. The van der Waals surface area contributed by atoms with Crippen LogP contribution in [0, 0.1) is 0 Å². The van der Waals surface area contributed by atoms with Crippen LogP contribution < -0.4 is 10.0 Å². The number of aromatic carboxylic acids is 1. The smallest absolute Gasteiger partial charge is 0.335 e. The van der Waals surface area contributed by atoms with E-state index in [-0.39, 0.29) is 22.1 Å². The van der Waals surface area contributed by atoms with Gasteiger partial charge in [0.25, 0.3) is 5.91 Å². The van der Waals surface area contributed by atoms with Crippen molar-refractivity contribution in [1.29, 1.82) is 0 Å². The first-order valence-corrected chi connectivity index (χ1v) is 12.8. The van der Waals surface area contributed by atoms with Crippen molar-refractivity contribution in [1.82, 2.24) is 9.62 Å². The fraction of sp³-hybridized carbons (Fsp3) is 0.231. The molecule has 35 heavy (non-hydrogen) atoms. The summed E-state index contributed by atoms with van der Waals surface area (Å²) < 4.78 is 28.8. The second kappa shape index (κ2) is 10.8. The molecule has 9 heteroatoms. The molecule has 0 aliphatic carbocycles. The average molecular weight is 494 g/mol. The maximum absolute atomic E-state index is 13.0. The number of hydrogen-bond acceptors (Lipinski definition) is 5. The maximum Gasteiger partial charge on any atom is 0.335 e. The van der Waals surface area contributed by atoms with Gasteiger partial charge in [0.05, 0.1) is 10.5 Å². The van der Waals surface area contributed by atoms with E-state index in [2.05, 4.69) is 27.1 Å². The second-order valence-corrected chi connectivity index (χ2v) is 10.2. The van der Waals surface area contributed by atoms with E-state index in [4.69, 9.17) is 5.11 Å². The van der Waals surface area contributed by atoms with Gasteiger partial charge in [0, 0.05) is 36.9 Å². The Bertz CT molecular complexity index is 1300. The second-order valence-electron chi connectivity index (χ2n) is 8.53. The Morgan fingerprint density at radius 2 is 1.57 bits per heavy atom. The van der Waals surface area contributed by atoms with Crippen molar-refractivity contribution in [2.75, 3.05) is 18.4 Å². The fourth-order valence-electron chi connectivity index (χ4n) is 4.08. The molecule has 4 rings (SSSR count). The number of sulfonamides is 1. The van der Waals surface area contributed by atoms with E-state index in [1.54, 1.807) is 6.07 Å². The minimum atomic E-state index is -3.81. The summed E-state index contributed by atoms with van der Waals surface area (Å²) in [6.07, 6.45) is 1.40. The molecular formula is C26H27N3O5S. The lowest BCUT2D eigenvalue weighted by atomic mass is 10.1. The minimum Gasteiger partial charge on any atom is -0.478 e.